The van der Waals surface area contributed by atoms with Gasteiger partial charge >= 0.3 is 6.09 Å². The van der Waals surface area contributed by atoms with Gasteiger partial charge in [0.25, 0.3) is 0 Å². The summed E-state index contributed by atoms with van der Waals surface area (Å²) < 4.78 is 5.25. The van der Waals surface area contributed by atoms with Crippen LogP contribution in [0.25, 0.3) is 0 Å². The quantitative estimate of drug-likeness (QED) is 0.917. The topological polar surface area (TPSA) is 41.6 Å². The number of piperidine rings is 1. The van der Waals surface area contributed by atoms with Gasteiger partial charge in [0.1, 0.15) is 6.61 Å². The Morgan fingerprint density at radius 2 is 1.95 bits per heavy atom. The van der Waals surface area contributed by atoms with Gasteiger partial charge in [0.05, 0.1) is 6.04 Å². The predicted molar refractivity (Wildman–Crippen MR) is 77.4 cm³/mol. The van der Waals surface area contributed by atoms with Crippen LogP contribution in [0.1, 0.15) is 30.9 Å². The molecule has 2 aliphatic rings. The number of amides is 1. The van der Waals surface area contributed by atoms with Crippen LogP contribution in [0.5, 0.6) is 0 Å². The smallest absolute Gasteiger partial charge is 0.410 e. The average Bonchev–Trinajstić information content (AvgIpc) is 2.88. The first-order valence-electron chi connectivity index (χ1n) is 7.53. The maximum Gasteiger partial charge on any atom is 0.410 e. The molecule has 1 aromatic rings. The van der Waals surface area contributed by atoms with Crippen molar-refractivity contribution in [2.75, 3.05) is 26.2 Å². The molecule has 4 nitrogen and oxygen atoms in total. The fourth-order valence-corrected chi connectivity index (χ4v) is 3.14. The molecule has 0 bridgehead atoms. The Bertz CT molecular complexity index is 443. The van der Waals surface area contributed by atoms with Gasteiger partial charge in [-0.05, 0) is 43.8 Å². The van der Waals surface area contributed by atoms with Gasteiger partial charge in [-0.1, -0.05) is 30.3 Å². The number of ether oxygens (including phenoxy) is 1. The van der Waals surface area contributed by atoms with Crippen molar-refractivity contribution in [2.24, 2.45) is 5.92 Å². The zero-order chi connectivity index (χ0) is 13.8. The first-order valence-corrected chi connectivity index (χ1v) is 7.53. The molecule has 1 aromatic carbocycles. The standard InChI is InChI=1S/C16H22N2O2/c19-16-18(11-8-13-6-9-17-10-7-13)15(12-20-16)14-4-2-1-3-5-14/h1-5,13,15,17H,6-12H2/t15-/m0/s1. The summed E-state index contributed by atoms with van der Waals surface area (Å²) in [7, 11) is 0. The Labute approximate surface area is 120 Å². The van der Waals surface area contributed by atoms with E-state index in [0.717, 1.165) is 32.0 Å². The Hall–Kier alpha value is -1.55. The molecule has 0 radical (unpaired) electrons. The number of nitrogens with one attached hydrogen (secondary N) is 1. The summed E-state index contributed by atoms with van der Waals surface area (Å²) in [6.45, 7) is 3.51. The molecule has 0 spiro atoms. The molecule has 2 fully saturated rings. The van der Waals surface area contributed by atoms with E-state index >= 15 is 0 Å². The number of hydrogen-bond acceptors (Lipinski definition) is 3. The number of nitrogens with zero attached hydrogens (tertiary/aromatic N) is 1. The summed E-state index contributed by atoms with van der Waals surface area (Å²) in [5.41, 5.74) is 1.17. The molecule has 108 valence electrons. The second-order valence-corrected chi connectivity index (χ2v) is 5.68. The monoisotopic (exact) mass is 274 g/mol. The van der Waals surface area contributed by atoms with Crippen LogP contribution in [0.4, 0.5) is 4.79 Å². The second kappa shape index (κ2) is 6.27. The number of carbonyl (C=O) groups excluding carboxylic acids is 1. The van der Waals surface area contributed by atoms with Crippen molar-refractivity contribution in [3.63, 3.8) is 0 Å². The predicted octanol–water partition coefficient (Wildman–Crippen LogP) is 2.57. The lowest BCUT2D eigenvalue weighted by atomic mass is 9.94. The molecule has 0 unspecified atom stereocenters. The fourth-order valence-electron chi connectivity index (χ4n) is 3.14. The SMILES string of the molecule is O=C1OC[C@@H](c2ccccc2)N1CCC1CCNCC1. The number of rotatable bonds is 4. The van der Waals surface area contributed by atoms with Crippen LogP contribution < -0.4 is 5.32 Å². The second-order valence-electron chi connectivity index (χ2n) is 5.68. The van der Waals surface area contributed by atoms with Crippen LogP contribution in [0.3, 0.4) is 0 Å². The van der Waals surface area contributed by atoms with Crippen molar-refractivity contribution in [1.29, 1.82) is 0 Å². The zero-order valence-corrected chi connectivity index (χ0v) is 11.8. The van der Waals surface area contributed by atoms with Crippen LogP contribution in [0, 0.1) is 5.92 Å². The largest absolute Gasteiger partial charge is 0.447 e. The summed E-state index contributed by atoms with van der Waals surface area (Å²) in [6.07, 6.45) is 3.37. The first-order chi connectivity index (χ1) is 9.84. The van der Waals surface area contributed by atoms with E-state index in [1.54, 1.807) is 0 Å². The van der Waals surface area contributed by atoms with Crippen molar-refractivity contribution in [1.82, 2.24) is 10.2 Å². The number of carbonyl (C=O) groups is 1. The van der Waals surface area contributed by atoms with Crippen LogP contribution >= 0.6 is 0 Å². The Kier molecular flexibility index (Phi) is 4.21. The third kappa shape index (κ3) is 2.96. The highest BCUT2D eigenvalue weighted by molar-refractivity contribution is 5.70. The third-order valence-corrected chi connectivity index (χ3v) is 4.40. The first kappa shape index (κ1) is 13.4. The van der Waals surface area contributed by atoms with Crippen molar-refractivity contribution < 1.29 is 9.53 Å². The lowest BCUT2D eigenvalue weighted by Gasteiger charge is -2.27. The van der Waals surface area contributed by atoms with E-state index in [2.05, 4.69) is 17.4 Å². The maximum atomic E-state index is 11.9. The fraction of sp³-hybridized carbons (Fsp3) is 0.562. The maximum absolute atomic E-state index is 11.9. The molecule has 0 aliphatic carbocycles. The van der Waals surface area contributed by atoms with Crippen LogP contribution in [-0.2, 0) is 4.74 Å². The Balaban J connectivity index is 1.62. The van der Waals surface area contributed by atoms with Crippen LogP contribution in [0.15, 0.2) is 30.3 Å². The van der Waals surface area contributed by atoms with Gasteiger partial charge < -0.3 is 10.1 Å². The molecule has 1 amide bonds. The van der Waals surface area contributed by atoms with E-state index in [4.69, 9.17) is 4.74 Å². The van der Waals surface area contributed by atoms with E-state index in [9.17, 15) is 4.79 Å². The van der Waals surface area contributed by atoms with Crippen molar-refractivity contribution in [3.05, 3.63) is 35.9 Å². The van der Waals surface area contributed by atoms with E-state index in [0.29, 0.717) is 6.61 Å². The minimum Gasteiger partial charge on any atom is -0.447 e. The van der Waals surface area contributed by atoms with Crippen LogP contribution in [-0.4, -0.2) is 37.2 Å². The van der Waals surface area contributed by atoms with E-state index in [-0.39, 0.29) is 12.1 Å². The molecule has 2 heterocycles. The lowest BCUT2D eigenvalue weighted by Crippen LogP contribution is -2.33. The third-order valence-electron chi connectivity index (χ3n) is 4.40. The summed E-state index contributed by atoms with van der Waals surface area (Å²) >= 11 is 0. The van der Waals surface area contributed by atoms with Gasteiger partial charge in [0.2, 0.25) is 0 Å². The van der Waals surface area contributed by atoms with Gasteiger partial charge in [-0.2, -0.15) is 0 Å². The molecule has 2 aliphatic heterocycles. The Morgan fingerprint density at radius 3 is 2.70 bits per heavy atom. The zero-order valence-electron chi connectivity index (χ0n) is 11.8. The van der Waals surface area contributed by atoms with E-state index < -0.39 is 0 Å². The molecule has 0 aromatic heterocycles. The molecule has 3 rings (SSSR count). The summed E-state index contributed by atoms with van der Waals surface area (Å²) in [4.78, 5) is 13.8. The van der Waals surface area contributed by atoms with Crippen molar-refractivity contribution in [2.45, 2.75) is 25.3 Å². The van der Waals surface area contributed by atoms with Gasteiger partial charge in [0.15, 0.2) is 0 Å². The molecule has 0 saturated carbocycles. The van der Waals surface area contributed by atoms with Gasteiger partial charge in [-0.25, -0.2) is 4.79 Å². The molecule has 2 saturated heterocycles. The highest BCUT2D eigenvalue weighted by Crippen LogP contribution is 2.29. The summed E-state index contributed by atoms with van der Waals surface area (Å²) in [5, 5.41) is 3.38. The molecule has 20 heavy (non-hydrogen) atoms. The van der Waals surface area contributed by atoms with Crippen LogP contribution in [0.2, 0.25) is 0 Å². The summed E-state index contributed by atoms with van der Waals surface area (Å²) in [5.74, 6) is 0.737. The summed E-state index contributed by atoms with van der Waals surface area (Å²) in [6, 6.07) is 10.3. The minimum atomic E-state index is -0.159. The van der Waals surface area contributed by atoms with Gasteiger partial charge in [0, 0.05) is 6.54 Å². The Morgan fingerprint density at radius 1 is 1.20 bits per heavy atom. The van der Waals surface area contributed by atoms with Crippen molar-refractivity contribution >= 4 is 6.09 Å². The lowest BCUT2D eigenvalue weighted by molar-refractivity contribution is 0.154. The van der Waals surface area contributed by atoms with E-state index in [1.165, 1.54) is 18.4 Å². The number of benzene rings is 1. The average molecular weight is 274 g/mol. The molecular weight excluding hydrogens is 252 g/mol. The van der Waals surface area contributed by atoms with Crippen molar-refractivity contribution in [3.8, 4) is 0 Å². The molecule has 1 N–H and O–H groups in total. The number of cyclic esters (lactones) is 1. The highest BCUT2D eigenvalue weighted by atomic mass is 16.6. The van der Waals surface area contributed by atoms with E-state index in [1.807, 2.05) is 23.1 Å². The van der Waals surface area contributed by atoms with Gasteiger partial charge in [-0.15, -0.1) is 0 Å². The normalized spacial score (nSPS) is 23.9. The number of hydrogen-bond donors (Lipinski definition) is 1. The molecule has 4 heteroatoms. The van der Waals surface area contributed by atoms with Gasteiger partial charge in [-0.3, -0.25) is 4.90 Å². The highest BCUT2D eigenvalue weighted by Gasteiger charge is 2.34. The molecular formula is C16H22N2O2. The minimum absolute atomic E-state index is 0.0883. The molecule has 1 atom stereocenters.